The lowest BCUT2D eigenvalue weighted by Crippen LogP contribution is -2.22. The Hall–Kier alpha value is -0.900. The van der Waals surface area contributed by atoms with Crippen LogP contribution in [0.25, 0.3) is 0 Å². The quantitative estimate of drug-likeness (QED) is 0.754. The van der Waals surface area contributed by atoms with Crippen molar-refractivity contribution in [2.45, 2.75) is 46.6 Å². The molecule has 0 amide bonds. The number of aromatic nitrogens is 2. The molecule has 0 saturated carbocycles. The molecule has 1 saturated heterocycles. The molecule has 0 N–H and O–H groups in total. The van der Waals surface area contributed by atoms with Crippen molar-refractivity contribution in [2.24, 2.45) is 0 Å². The van der Waals surface area contributed by atoms with E-state index in [9.17, 15) is 0 Å². The van der Waals surface area contributed by atoms with Gasteiger partial charge in [0.2, 0.25) is 11.8 Å². The first kappa shape index (κ1) is 12.2. The van der Waals surface area contributed by atoms with Crippen LogP contribution in [0.1, 0.15) is 51.4 Å². The lowest BCUT2D eigenvalue weighted by atomic mass is 10.2. The van der Waals surface area contributed by atoms with E-state index in [-0.39, 0.29) is 0 Å². The largest absolute Gasteiger partial charge is 0.424 e. The topological polar surface area (TPSA) is 42.2 Å². The molecule has 15 heavy (non-hydrogen) atoms. The monoisotopic (exact) mass is 211 g/mol. The van der Waals surface area contributed by atoms with E-state index in [0.29, 0.717) is 11.9 Å². The average molecular weight is 211 g/mol. The van der Waals surface area contributed by atoms with Gasteiger partial charge in [-0.25, -0.2) is 0 Å². The normalized spacial score (nSPS) is 21.2. The standard InChI is InChI=1S/C9H15N3O.C2H6/c1-3-12-6-4-5-8(12)9-11-10-7(2)13-9;1-2/h8H,3-6H2,1-2H3;1-2H3. The van der Waals surface area contributed by atoms with Gasteiger partial charge in [-0.2, -0.15) is 0 Å². The fourth-order valence-electron chi connectivity index (χ4n) is 1.93. The van der Waals surface area contributed by atoms with E-state index in [1.54, 1.807) is 0 Å². The van der Waals surface area contributed by atoms with Crippen LogP contribution in [0.4, 0.5) is 0 Å². The van der Waals surface area contributed by atoms with Crippen molar-refractivity contribution in [3.8, 4) is 0 Å². The average Bonchev–Trinajstić information content (AvgIpc) is 2.88. The van der Waals surface area contributed by atoms with Gasteiger partial charge in [0, 0.05) is 6.92 Å². The Morgan fingerprint density at radius 2 is 2.13 bits per heavy atom. The number of aryl methyl sites for hydroxylation is 1. The van der Waals surface area contributed by atoms with Gasteiger partial charge >= 0.3 is 0 Å². The maximum Gasteiger partial charge on any atom is 0.233 e. The molecule has 1 aliphatic heterocycles. The predicted molar refractivity (Wildman–Crippen MR) is 59.6 cm³/mol. The third-order valence-corrected chi connectivity index (χ3v) is 2.60. The molecule has 86 valence electrons. The van der Waals surface area contributed by atoms with Gasteiger partial charge in [0.05, 0.1) is 6.04 Å². The second kappa shape index (κ2) is 5.85. The molecule has 1 aromatic heterocycles. The van der Waals surface area contributed by atoms with Crippen LogP contribution in [-0.2, 0) is 0 Å². The van der Waals surface area contributed by atoms with Crippen molar-refractivity contribution < 1.29 is 4.42 Å². The van der Waals surface area contributed by atoms with E-state index >= 15 is 0 Å². The summed E-state index contributed by atoms with van der Waals surface area (Å²) in [7, 11) is 0. The maximum atomic E-state index is 5.44. The summed E-state index contributed by atoms with van der Waals surface area (Å²) >= 11 is 0. The molecule has 1 fully saturated rings. The molecule has 0 bridgehead atoms. The Morgan fingerprint density at radius 1 is 1.40 bits per heavy atom. The fourth-order valence-corrected chi connectivity index (χ4v) is 1.93. The summed E-state index contributed by atoms with van der Waals surface area (Å²) in [5.41, 5.74) is 0. The highest BCUT2D eigenvalue weighted by Crippen LogP contribution is 2.30. The Bertz CT molecular complexity index is 285. The van der Waals surface area contributed by atoms with Crippen LogP contribution >= 0.6 is 0 Å². The Morgan fingerprint density at radius 3 is 2.67 bits per heavy atom. The summed E-state index contributed by atoms with van der Waals surface area (Å²) in [6, 6.07) is 0.367. The molecule has 4 heteroatoms. The minimum absolute atomic E-state index is 0.367. The van der Waals surface area contributed by atoms with Crippen LogP contribution in [0, 0.1) is 6.92 Å². The lowest BCUT2D eigenvalue weighted by Gasteiger charge is -2.18. The second-order valence-electron chi connectivity index (χ2n) is 3.45. The molecular formula is C11H21N3O. The van der Waals surface area contributed by atoms with Gasteiger partial charge in [0.25, 0.3) is 0 Å². The van der Waals surface area contributed by atoms with Gasteiger partial charge < -0.3 is 4.42 Å². The van der Waals surface area contributed by atoms with E-state index in [4.69, 9.17) is 4.42 Å². The second-order valence-corrected chi connectivity index (χ2v) is 3.45. The van der Waals surface area contributed by atoms with Crippen LogP contribution in [-0.4, -0.2) is 28.2 Å². The van der Waals surface area contributed by atoms with Gasteiger partial charge in [-0.15, -0.1) is 10.2 Å². The van der Waals surface area contributed by atoms with E-state index in [1.807, 2.05) is 20.8 Å². The molecule has 0 spiro atoms. The zero-order chi connectivity index (χ0) is 11.3. The highest BCUT2D eigenvalue weighted by Gasteiger charge is 2.28. The summed E-state index contributed by atoms with van der Waals surface area (Å²) in [5, 5.41) is 7.92. The molecule has 1 aromatic rings. The number of rotatable bonds is 2. The third kappa shape index (κ3) is 2.78. The van der Waals surface area contributed by atoms with E-state index in [0.717, 1.165) is 25.4 Å². The van der Waals surface area contributed by atoms with Crippen LogP contribution < -0.4 is 0 Å². The number of likely N-dealkylation sites (tertiary alicyclic amines) is 1. The van der Waals surface area contributed by atoms with Gasteiger partial charge in [-0.3, -0.25) is 4.90 Å². The molecular weight excluding hydrogens is 190 g/mol. The minimum Gasteiger partial charge on any atom is -0.424 e. The zero-order valence-corrected chi connectivity index (χ0v) is 10.2. The van der Waals surface area contributed by atoms with E-state index in [1.165, 1.54) is 6.42 Å². The van der Waals surface area contributed by atoms with E-state index in [2.05, 4.69) is 22.0 Å². The third-order valence-electron chi connectivity index (χ3n) is 2.60. The first-order valence-corrected chi connectivity index (χ1v) is 5.85. The first-order chi connectivity index (χ1) is 7.31. The summed E-state index contributed by atoms with van der Waals surface area (Å²) in [5.74, 6) is 1.45. The SMILES string of the molecule is CC.CCN1CCCC1c1nnc(C)o1. The molecule has 0 aliphatic carbocycles. The van der Waals surface area contributed by atoms with Crippen LogP contribution in [0.5, 0.6) is 0 Å². The first-order valence-electron chi connectivity index (χ1n) is 5.85. The predicted octanol–water partition coefficient (Wildman–Crippen LogP) is 2.56. The number of hydrogen-bond acceptors (Lipinski definition) is 4. The molecule has 1 aliphatic rings. The summed E-state index contributed by atoms with van der Waals surface area (Å²) < 4.78 is 5.44. The van der Waals surface area contributed by atoms with Crippen molar-refractivity contribution in [3.63, 3.8) is 0 Å². The van der Waals surface area contributed by atoms with E-state index < -0.39 is 0 Å². The van der Waals surface area contributed by atoms with Crippen molar-refractivity contribution >= 4 is 0 Å². The Kier molecular flexibility index (Phi) is 4.75. The highest BCUT2D eigenvalue weighted by atomic mass is 16.4. The van der Waals surface area contributed by atoms with Gasteiger partial charge in [-0.05, 0) is 25.9 Å². The summed E-state index contributed by atoms with van der Waals surface area (Å²) in [6.07, 6.45) is 2.38. The molecule has 0 radical (unpaired) electrons. The Balaban J connectivity index is 0.000000531. The number of nitrogens with zero attached hydrogens (tertiary/aromatic N) is 3. The Labute approximate surface area is 91.7 Å². The van der Waals surface area contributed by atoms with Crippen molar-refractivity contribution in [1.29, 1.82) is 0 Å². The summed E-state index contributed by atoms with van der Waals surface area (Å²) in [4.78, 5) is 2.38. The van der Waals surface area contributed by atoms with Gasteiger partial charge in [-0.1, -0.05) is 20.8 Å². The summed E-state index contributed by atoms with van der Waals surface area (Å²) in [6.45, 7) is 10.2. The van der Waals surface area contributed by atoms with Crippen LogP contribution in [0.15, 0.2) is 4.42 Å². The van der Waals surface area contributed by atoms with Crippen LogP contribution in [0.3, 0.4) is 0 Å². The minimum atomic E-state index is 0.367. The zero-order valence-electron chi connectivity index (χ0n) is 10.2. The number of hydrogen-bond donors (Lipinski definition) is 0. The van der Waals surface area contributed by atoms with Crippen molar-refractivity contribution in [3.05, 3.63) is 11.8 Å². The maximum absolute atomic E-state index is 5.44. The highest BCUT2D eigenvalue weighted by molar-refractivity contribution is 4.93. The molecule has 2 heterocycles. The molecule has 0 aromatic carbocycles. The van der Waals surface area contributed by atoms with Crippen molar-refractivity contribution in [2.75, 3.05) is 13.1 Å². The molecule has 2 rings (SSSR count). The van der Waals surface area contributed by atoms with Gasteiger partial charge in [0.15, 0.2) is 0 Å². The smallest absolute Gasteiger partial charge is 0.233 e. The molecule has 1 unspecified atom stereocenters. The lowest BCUT2D eigenvalue weighted by molar-refractivity contribution is 0.231. The molecule has 4 nitrogen and oxygen atoms in total. The van der Waals surface area contributed by atoms with Crippen LogP contribution in [0.2, 0.25) is 0 Å². The fraction of sp³-hybridized carbons (Fsp3) is 0.818. The van der Waals surface area contributed by atoms with Gasteiger partial charge in [0.1, 0.15) is 0 Å². The molecule has 1 atom stereocenters. The van der Waals surface area contributed by atoms with Crippen molar-refractivity contribution in [1.82, 2.24) is 15.1 Å².